The highest BCUT2D eigenvalue weighted by molar-refractivity contribution is 7.91. The molecule has 0 saturated carbocycles. The van der Waals surface area contributed by atoms with Gasteiger partial charge >= 0.3 is 0 Å². The van der Waals surface area contributed by atoms with E-state index in [1.165, 1.54) is 0 Å². The summed E-state index contributed by atoms with van der Waals surface area (Å²) in [6.45, 7) is 2.25. The van der Waals surface area contributed by atoms with E-state index in [0.29, 0.717) is 19.4 Å². The van der Waals surface area contributed by atoms with Crippen LogP contribution in [-0.2, 0) is 16.3 Å². The van der Waals surface area contributed by atoms with Crippen molar-refractivity contribution < 1.29 is 13.5 Å². The molecule has 108 valence electrons. The zero-order valence-electron chi connectivity index (χ0n) is 11.4. The fourth-order valence-electron chi connectivity index (χ4n) is 1.93. The highest BCUT2D eigenvalue weighted by Crippen LogP contribution is 2.03. The summed E-state index contributed by atoms with van der Waals surface area (Å²) in [6, 6.07) is 9.75. The smallest absolute Gasteiger partial charge is 0.151 e. The standard InChI is InChI=1S/C14H23NO3S/c1-2-9-19(17,18)10-8-15-14(12-16)11-13-6-4-3-5-7-13/h3-7,14-16H,2,8-12H2,1H3. The van der Waals surface area contributed by atoms with Gasteiger partial charge in [0.05, 0.1) is 12.4 Å². The van der Waals surface area contributed by atoms with Gasteiger partial charge in [-0.15, -0.1) is 0 Å². The molecular weight excluding hydrogens is 262 g/mol. The van der Waals surface area contributed by atoms with Crippen LogP contribution in [0.4, 0.5) is 0 Å². The monoisotopic (exact) mass is 285 g/mol. The minimum atomic E-state index is -2.95. The lowest BCUT2D eigenvalue weighted by Gasteiger charge is -2.16. The Labute approximate surface area is 115 Å². The Morgan fingerprint density at radius 3 is 2.47 bits per heavy atom. The molecule has 0 spiro atoms. The molecule has 1 atom stereocenters. The molecule has 0 radical (unpaired) electrons. The minimum absolute atomic E-state index is 0.00270. The van der Waals surface area contributed by atoms with E-state index >= 15 is 0 Å². The van der Waals surface area contributed by atoms with Gasteiger partial charge in [-0.3, -0.25) is 0 Å². The summed E-state index contributed by atoms with van der Waals surface area (Å²) >= 11 is 0. The molecule has 1 rings (SSSR count). The predicted octanol–water partition coefficient (Wildman–Crippen LogP) is 1.00. The Kier molecular flexibility index (Phi) is 7.05. The van der Waals surface area contributed by atoms with E-state index in [1.54, 1.807) is 0 Å². The topological polar surface area (TPSA) is 66.4 Å². The molecule has 19 heavy (non-hydrogen) atoms. The van der Waals surface area contributed by atoms with E-state index in [-0.39, 0.29) is 24.2 Å². The molecule has 5 heteroatoms. The molecule has 0 aliphatic rings. The molecule has 1 aromatic carbocycles. The molecule has 0 bridgehead atoms. The van der Waals surface area contributed by atoms with Gasteiger partial charge in [0.15, 0.2) is 9.84 Å². The van der Waals surface area contributed by atoms with Gasteiger partial charge in [-0.2, -0.15) is 0 Å². The summed E-state index contributed by atoms with van der Waals surface area (Å²) in [5, 5.41) is 12.4. The van der Waals surface area contributed by atoms with Crippen LogP contribution in [0.25, 0.3) is 0 Å². The molecule has 0 fully saturated rings. The maximum absolute atomic E-state index is 11.6. The van der Waals surface area contributed by atoms with Crippen molar-refractivity contribution in [1.82, 2.24) is 5.32 Å². The second-order valence-electron chi connectivity index (χ2n) is 4.68. The normalized spacial score (nSPS) is 13.4. The van der Waals surface area contributed by atoms with Crippen LogP contribution in [0.3, 0.4) is 0 Å². The Morgan fingerprint density at radius 2 is 1.89 bits per heavy atom. The van der Waals surface area contributed by atoms with Crippen molar-refractivity contribution in [2.24, 2.45) is 0 Å². The molecule has 0 aliphatic heterocycles. The minimum Gasteiger partial charge on any atom is -0.395 e. The Hall–Kier alpha value is -0.910. The first kappa shape index (κ1) is 16.1. The van der Waals surface area contributed by atoms with Gasteiger partial charge in [-0.05, 0) is 18.4 Å². The number of aliphatic hydroxyl groups excluding tert-OH is 1. The lowest BCUT2D eigenvalue weighted by molar-refractivity contribution is 0.243. The lowest BCUT2D eigenvalue weighted by atomic mass is 10.1. The maximum Gasteiger partial charge on any atom is 0.151 e. The van der Waals surface area contributed by atoms with Crippen molar-refractivity contribution in [3.05, 3.63) is 35.9 Å². The Balaban J connectivity index is 2.37. The van der Waals surface area contributed by atoms with Gasteiger partial charge in [-0.1, -0.05) is 37.3 Å². The number of hydrogen-bond acceptors (Lipinski definition) is 4. The van der Waals surface area contributed by atoms with Crippen LogP contribution in [0.1, 0.15) is 18.9 Å². The first-order valence-corrected chi connectivity index (χ1v) is 8.48. The summed E-state index contributed by atoms with van der Waals surface area (Å²) < 4.78 is 23.1. The van der Waals surface area contributed by atoms with Gasteiger partial charge < -0.3 is 10.4 Å². The summed E-state index contributed by atoms with van der Waals surface area (Å²) in [5.74, 6) is 0.364. The van der Waals surface area contributed by atoms with Gasteiger partial charge in [0.1, 0.15) is 0 Å². The van der Waals surface area contributed by atoms with Crippen molar-refractivity contribution in [3.63, 3.8) is 0 Å². The maximum atomic E-state index is 11.6. The molecule has 1 aromatic rings. The van der Waals surface area contributed by atoms with E-state index in [2.05, 4.69) is 5.32 Å². The summed E-state index contributed by atoms with van der Waals surface area (Å²) in [7, 11) is -2.95. The number of hydrogen-bond donors (Lipinski definition) is 2. The molecule has 1 unspecified atom stereocenters. The lowest BCUT2D eigenvalue weighted by Crippen LogP contribution is -2.37. The van der Waals surface area contributed by atoms with Crippen molar-refractivity contribution in [3.8, 4) is 0 Å². The van der Waals surface area contributed by atoms with Crippen molar-refractivity contribution in [2.75, 3.05) is 24.7 Å². The van der Waals surface area contributed by atoms with Crippen LogP contribution in [0.2, 0.25) is 0 Å². The Bertz CT molecular complexity index is 445. The fourth-order valence-corrected chi connectivity index (χ4v) is 3.19. The number of aliphatic hydroxyl groups is 1. The van der Waals surface area contributed by atoms with Crippen LogP contribution in [0.15, 0.2) is 30.3 Å². The molecule has 0 aromatic heterocycles. The molecular formula is C14H23NO3S. The molecule has 0 amide bonds. The highest BCUT2D eigenvalue weighted by atomic mass is 32.2. The molecule has 0 aliphatic carbocycles. The second-order valence-corrected chi connectivity index (χ2v) is 6.98. The molecule has 0 saturated heterocycles. The zero-order chi connectivity index (χ0) is 14.1. The van der Waals surface area contributed by atoms with E-state index in [4.69, 9.17) is 0 Å². The fraction of sp³-hybridized carbons (Fsp3) is 0.571. The average molecular weight is 285 g/mol. The number of rotatable bonds is 9. The van der Waals surface area contributed by atoms with Crippen LogP contribution in [0.5, 0.6) is 0 Å². The first-order chi connectivity index (χ1) is 9.07. The quantitative estimate of drug-likeness (QED) is 0.710. The molecule has 4 nitrogen and oxygen atoms in total. The third-order valence-corrected chi connectivity index (χ3v) is 4.76. The van der Waals surface area contributed by atoms with Gasteiger partial charge in [0.25, 0.3) is 0 Å². The van der Waals surface area contributed by atoms with Crippen LogP contribution in [-0.4, -0.2) is 44.2 Å². The van der Waals surface area contributed by atoms with Crippen molar-refractivity contribution in [1.29, 1.82) is 0 Å². The van der Waals surface area contributed by atoms with Gasteiger partial charge in [0, 0.05) is 18.3 Å². The van der Waals surface area contributed by atoms with Crippen LogP contribution in [0, 0.1) is 0 Å². The average Bonchev–Trinajstić information content (AvgIpc) is 2.38. The van der Waals surface area contributed by atoms with Gasteiger partial charge in [0.2, 0.25) is 0 Å². The van der Waals surface area contributed by atoms with E-state index in [1.807, 2.05) is 37.3 Å². The predicted molar refractivity (Wildman–Crippen MR) is 78.0 cm³/mol. The van der Waals surface area contributed by atoms with Crippen molar-refractivity contribution in [2.45, 2.75) is 25.8 Å². The third kappa shape index (κ3) is 6.71. The van der Waals surface area contributed by atoms with Crippen molar-refractivity contribution >= 4 is 9.84 Å². The summed E-state index contributed by atoms with van der Waals surface area (Å²) in [4.78, 5) is 0. The van der Waals surface area contributed by atoms with E-state index in [0.717, 1.165) is 5.56 Å². The largest absolute Gasteiger partial charge is 0.395 e. The number of sulfone groups is 1. The van der Waals surface area contributed by atoms with E-state index in [9.17, 15) is 13.5 Å². The number of benzene rings is 1. The Morgan fingerprint density at radius 1 is 1.21 bits per heavy atom. The molecule has 0 heterocycles. The molecule has 2 N–H and O–H groups in total. The second kappa shape index (κ2) is 8.30. The zero-order valence-corrected chi connectivity index (χ0v) is 12.2. The first-order valence-electron chi connectivity index (χ1n) is 6.66. The number of nitrogens with one attached hydrogen (secondary N) is 1. The summed E-state index contributed by atoms with van der Waals surface area (Å²) in [6.07, 6.45) is 1.35. The SMILES string of the molecule is CCCS(=O)(=O)CCNC(CO)Cc1ccccc1. The third-order valence-electron chi connectivity index (χ3n) is 2.91. The van der Waals surface area contributed by atoms with E-state index < -0.39 is 9.84 Å². The van der Waals surface area contributed by atoms with Crippen LogP contribution < -0.4 is 5.32 Å². The van der Waals surface area contributed by atoms with Gasteiger partial charge in [-0.25, -0.2) is 8.42 Å². The van der Waals surface area contributed by atoms with Crippen LogP contribution >= 0.6 is 0 Å². The highest BCUT2D eigenvalue weighted by Gasteiger charge is 2.12. The summed E-state index contributed by atoms with van der Waals surface area (Å²) in [5.41, 5.74) is 1.13.